The second kappa shape index (κ2) is 8.31. The first-order chi connectivity index (χ1) is 12.2. The molecule has 0 radical (unpaired) electrons. The van der Waals surface area contributed by atoms with Gasteiger partial charge in [-0.05, 0) is 48.7 Å². The van der Waals surface area contributed by atoms with Crippen molar-refractivity contribution in [2.45, 2.75) is 26.8 Å². The highest BCUT2D eigenvalue weighted by molar-refractivity contribution is 7.92. The second-order valence-electron chi connectivity index (χ2n) is 6.28. The lowest BCUT2D eigenvalue weighted by atomic mass is 10.1. The van der Waals surface area contributed by atoms with Gasteiger partial charge in [-0.3, -0.25) is 9.10 Å². The Morgan fingerprint density at radius 1 is 1.12 bits per heavy atom. The van der Waals surface area contributed by atoms with Crippen LogP contribution in [0.1, 0.15) is 23.1 Å². The Morgan fingerprint density at radius 2 is 1.77 bits per heavy atom. The predicted molar refractivity (Wildman–Crippen MR) is 101 cm³/mol. The summed E-state index contributed by atoms with van der Waals surface area (Å²) in [6, 6.07) is 11.4. The third kappa shape index (κ3) is 5.56. The molecule has 1 N–H and O–H groups in total. The number of nitrogens with one attached hydrogen (secondary N) is 1. The van der Waals surface area contributed by atoms with Gasteiger partial charge in [-0.15, -0.1) is 0 Å². The molecule has 0 aliphatic heterocycles. The molecule has 1 amide bonds. The number of anilines is 1. The summed E-state index contributed by atoms with van der Waals surface area (Å²) in [6.07, 6.45) is 1.16. The van der Waals surface area contributed by atoms with Crippen molar-refractivity contribution < 1.29 is 17.6 Å². The number of carbonyl (C=O) groups is 1. The normalized spacial score (nSPS) is 11.2. The maximum Gasteiger partial charge on any atom is 0.232 e. The highest BCUT2D eigenvalue weighted by Crippen LogP contribution is 2.24. The van der Waals surface area contributed by atoms with E-state index < -0.39 is 10.0 Å². The van der Waals surface area contributed by atoms with Crippen LogP contribution in [-0.4, -0.2) is 27.1 Å². The molecule has 7 heteroatoms. The van der Waals surface area contributed by atoms with E-state index in [1.807, 2.05) is 26.0 Å². The van der Waals surface area contributed by atoms with Crippen molar-refractivity contribution in [2.24, 2.45) is 0 Å². The molecule has 140 valence electrons. The number of rotatable bonds is 7. The molecule has 2 aromatic rings. The zero-order valence-electron chi connectivity index (χ0n) is 15.1. The first kappa shape index (κ1) is 19.9. The van der Waals surface area contributed by atoms with Crippen LogP contribution in [0, 0.1) is 19.7 Å². The molecule has 2 aromatic carbocycles. The van der Waals surface area contributed by atoms with E-state index in [0.717, 1.165) is 22.9 Å². The van der Waals surface area contributed by atoms with E-state index in [-0.39, 0.29) is 31.2 Å². The summed E-state index contributed by atoms with van der Waals surface area (Å²) in [5.41, 5.74) is 3.13. The van der Waals surface area contributed by atoms with Crippen molar-refractivity contribution in [3.63, 3.8) is 0 Å². The highest BCUT2D eigenvalue weighted by Gasteiger charge is 2.20. The van der Waals surface area contributed by atoms with E-state index in [0.29, 0.717) is 5.69 Å². The smallest absolute Gasteiger partial charge is 0.232 e. The monoisotopic (exact) mass is 378 g/mol. The third-order valence-electron chi connectivity index (χ3n) is 3.98. The minimum absolute atomic E-state index is 0.0294. The Balaban J connectivity index is 2.02. The number of halogens is 1. The summed E-state index contributed by atoms with van der Waals surface area (Å²) in [4.78, 5) is 12.1. The average Bonchev–Trinajstić information content (AvgIpc) is 2.56. The molecule has 0 saturated heterocycles. The SMILES string of the molecule is Cc1ccc(C)c(N(CCC(=O)NCc2ccc(F)cc2)S(C)(=O)=O)c1. The van der Waals surface area contributed by atoms with Crippen LogP contribution in [0.15, 0.2) is 42.5 Å². The Hall–Kier alpha value is -2.41. The molecule has 0 aromatic heterocycles. The predicted octanol–water partition coefficient (Wildman–Crippen LogP) is 2.92. The summed E-state index contributed by atoms with van der Waals surface area (Å²) in [5.74, 6) is -0.606. The molecule has 0 bridgehead atoms. The number of nitrogens with zero attached hydrogens (tertiary/aromatic N) is 1. The fourth-order valence-corrected chi connectivity index (χ4v) is 3.52. The van der Waals surface area contributed by atoms with E-state index in [1.54, 1.807) is 18.2 Å². The number of hydrogen-bond donors (Lipinski definition) is 1. The number of carbonyl (C=O) groups excluding carboxylic acids is 1. The topological polar surface area (TPSA) is 66.5 Å². The van der Waals surface area contributed by atoms with E-state index in [2.05, 4.69) is 5.32 Å². The average molecular weight is 378 g/mol. The van der Waals surface area contributed by atoms with Gasteiger partial charge in [0.25, 0.3) is 0 Å². The summed E-state index contributed by atoms with van der Waals surface area (Å²) in [5, 5.41) is 2.72. The zero-order chi connectivity index (χ0) is 19.3. The molecule has 0 spiro atoms. The summed E-state index contributed by atoms with van der Waals surface area (Å²) in [6.45, 7) is 4.04. The van der Waals surface area contributed by atoms with Crippen LogP contribution in [-0.2, 0) is 21.4 Å². The van der Waals surface area contributed by atoms with Crippen molar-refractivity contribution in [1.29, 1.82) is 0 Å². The van der Waals surface area contributed by atoms with Crippen molar-refractivity contribution >= 4 is 21.6 Å². The highest BCUT2D eigenvalue weighted by atomic mass is 32.2. The Labute approximate surface area is 153 Å². The van der Waals surface area contributed by atoms with E-state index in [1.165, 1.54) is 16.4 Å². The fraction of sp³-hybridized carbons (Fsp3) is 0.316. The van der Waals surface area contributed by atoms with Crippen LogP contribution in [0.3, 0.4) is 0 Å². The molecule has 0 aliphatic rings. The standard InChI is InChI=1S/C19H23FN2O3S/c1-14-4-5-15(2)18(12-14)22(26(3,24)25)11-10-19(23)21-13-16-6-8-17(20)9-7-16/h4-9,12H,10-11,13H2,1-3H3,(H,21,23). The number of sulfonamides is 1. The molecular weight excluding hydrogens is 355 g/mol. The van der Waals surface area contributed by atoms with Gasteiger partial charge < -0.3 is 5.32 Å². The summed E-state index contributed by atoms with van der Waals surface area (Å²) >= 11 is 0. The minimum Gasteiger partial charge on any atom is -0.352 e. The molecule has 0 aliphatic carbocycles. The lowest BCUT2D eigenvalue weighted by molar-refractivity contribution is -0.121. The summed E-state index contributed by atoms with van der Waals surface area (Å²) in [7, 11) is -3.51. The Bertz CT molecular complexity index is 880. The molecule has 2 rings (SSSR count). The van der Waals surface area contributed by atoms with Gasteiger partial charge in [-0.25, -0.2) is 12.8 Å². The molecular formula is C19H23FN2O3S. The van der Waals surface area contributed by atoms with Gasteiger partial charge in [-0.2, -0.15) is 0 Å². The number of aryl methyl sites for hydroxylation is 2. The molecule has 0 atom stereocenters. The Kier molecular flexibility index (Phi) is 6.37. The fourth-order valence-electron chi connectivity index (χ4n) is 2.55. The first-order valence-electron chi connectivity index (χ1n) is 8.23. The number of benzene rings is 2. The second-order valence-corrected chi connectivity index (χ2v) is 8.19. The van der Waals surface area contributed by atoms with Gasteiger partial charge >= 0.3 is 0 Å². The largest absolute Gasteiger partial charge is 0.352 e. The van der Waals surface area contributed by atoms with E-state index in [9.17, 15) is 17.6 Å². The van der Waals surface area contributed by atoms with E-state index in [4.69, 9.17) is 0 Å². The van der Waals surface area contributed by atoms with Crippen molar-refractivity contribution in [2.75, 3.05) is 17.1 Å². The van der Waals surface area contributed by atoms with Crippen molar-refractivity contribution in [1.82, 2.24) is 5.32 Å². The van der Waals surface area contributed by atoms with Crippen LogP contribution < -0.4 is 9.62 Å². The third-order valence-corrected chi connectivity index (χ3v) is 5.16. The molecule has 0 fully saturated rings. The van der Waals surface area contributed by atoms with Gasteiger partial charge in [0.1, 0.15) is 5.82 Å². The molecule has 5 nitrogen and oxygen atoms in total. The molecule has 0 heterocycles. The lowest BCUT2D eigenvalue weighted by Gasteiger charge is -2.24. The maximum atomic E-state index is 12.9. The van der Waals surface area contributed by atoms with Crippen LogP contribution in [0.5, 0.6) is 0 Å². The maximum absolute atomic E-state index is 12.9. The number of hydrogen-bond acceptors (Lipinski definition) is 3. The van der Waals surface area contributed by atoms with Crippen LogP contribution >= 0.6 is 0 Å². The van der Waals surface area contributed by atoms with Gasteiger partial charge in [-0.1, -0.05) is 24.3 Å². The lowest BCUT2D eigenvalue weighted by Crippen LogP contribution is -2.35. The van der Waals surface area contributed by atoms with Gasteiger partial charge in [0, 0.05) is 19.5 Å². The number of amides is 1. The van der Waals surface area contributed by atoms with E-state index >= 15 is 0 Å². The molecule has 0 unspecified atom stereocenters. The van der Waals surface area contributed by atoms with Crippen LogP contribution in [0.25, 0.3) is 0 Å². The Morgan fingerprint density at radius 3 is 2.38 bits per heavy atom. The van der Waals surface area contributed by atoms with Crippen molar-refractivity contribution in [3.05, 3.63) is 65.0 Å². The van der Waals surface area contributed by atoms with Crippen LogP contribution in [0.2, 0.25) is 0 Å². The minimum atomic E-state index is -3.51. The molecule has 26 heavy (non-hydrogen) atoms. The van der Waals surface area contributed by atoms with Gasteiger partial charge in [0.2, 0.25) is 15.9 Å². The van der Waals surface area contributed by atoms with Crippen LogP contribution in [0.4, 0.5) is 10.1 Å². The van der Waals surface area contributed by atoms with Crippen molar-refractivity contribution in [3.8, 4) is 0 Å². The van der Waals surface area contributed by atoms with Gasteiger partial charge in [0.15, 0.2) is 0 Å². The summed E-state index contributed by atoms with van der Waals surface area (Å²) < 4.78 is 38.5. The zero-order valence-corrected chi connectivity index (χ0v) is 15.9. The quantitative estimate of drug-likeness (QED) is 0.806. The molecule has 0 saturated carbocycles. The van der Waals surface area contributed by atoms with Gasteiger partial charge in [0.05, 0.1) is 11.9 Å². The first-order valence-corrected chi connectivity index (χ1v) is 10.1.